The van der Waals surface area contributed by atoms with Gasteiger partial charge in [-0.05, 0) is 51.4 Å². The fourth-order valence-corrected chi connectivity index (χ4v) is 3.68. The molecule has 30 heavy (non-hydrogen) atoms. The van der Waals surface area contributed by atoms with Crippen molar-refractivity contribution < 1.29 is 9.59 Å². The number of thiol groups is 1. The number of aromatic nitrogens is 1. The number of amides is 1. The molecular weight excluding hydrogens is 414 g/mol. The zero-order chi connectivity index (χ0) is 22.6. The van der Waals surface area contributed by atoms with Gasteiger partial charge >= 0.3 is 0 Å². The third kappa shape index (κ3) is 10.4. The van der Waals surface area contributed by atoms with Gasteiger partial charge in [-0.15, -0.1) is 11.3 Å². The first-order valence-electron chi connectivity index (χ1n) is 10.2. The molecule has 0 radical (unpaired) electrons. The van der Waals surface area contributed by atoms with Gasteiger partial charge in [0.25, 0.3) is 0 Å². The molecule has 1 amide bonds. The molecule has 0 spiro atoms. The predicted molar refractivity (Wildman–Crippen MR) is 130 cm³/mol. The van der Waals surface area contributed by atoms with Crippen molar-refractivity contribution in [1.82, 2.24) is 15.2 Å². The Hall–Kier alpha value is -1.70. The van der Waals surface area contributed by atoms with E-state index in [2.05, 4.69) is 53.9 Å². The second-order valence-corrected chi connectivity index (χ2v) is 10.2. The molecule has 1 N–H and O–H groups in total. The third-order valence-corrected chi connectivity index (χ3v) is 5.98. The van der Waals surface area contributed by atoms with Crippen LogP contribution in [0.5, 0.6) is 0 Å². The summed E-state index contributed by atoms with van der Waals surface area (Å²) in [5.74, 6) is 0. The van der Waals surface area contributed by atoms with Gasteiger partial charge in [0.2, 0.25) is 6.41 Å². The number of carbonyl (C=O) groups is 2. The zero-order valence-electron chi connectivity index (χ0n) is 18.7. The van der Waals surface area contributed by atoms with E-state index in [1.807, 2.05) is 38.4 Å². The normalized spacial score (nSPS) is 16.0. The van der Waals surface area contributed by atoms with E-state index in [0.717, 1.165) is 23.6 Å². The molecule has 0 saturated carbocycles. The molecule has 7 heteroatoms. The van der Waals surface area contributed by atoms with Crippen molar-refractivity contribution in [3.63, 3.8) is 0 Å². The Morgan fingerprint density at radius 3 is 2.30 bits per heavy atom. The van der Waals surface area contributed by atoms with Crippen LogP contribution in [-0.4, -0.2) is 47.0 Å². The van der Waals surface area contributed by atoms with E-state index < -0.39 is 0 Å². The molecule has 1 unspecified atom stereocenters. The van der Waals surface area contributed by atoms with Gasteiger partial charge in [0.1, 0.15) is 6.29 Å². The molecule has 1 saturated heterocycles. The Morgan fingerprint density at radius 1 is 1.30 bits per heavy atom. The molecule has 1 aliphatic rings. The summed E-state index contributed by atoms with van der Waals surface area (Å²) in [6.45, 7) is 9.99. The van der Waals surface area contributed by atoms with Crippen molar-refractivity contribution in [3.05, 3.63) is 41.0 Å². The lowest BCUT2D eigenvalue weighted by Crippen LogP contribution is -2.20. The molecular formula is C23H35N3O2S2. The third-order valence-electron chi connectivity index (χ3n) is 4.82. The summed E-state index contributed by atoms with van der Waals surface area (Å²) in [7, 11) is 2.19. The SMILES string of the molecule is CC(C)(S)CC=O.CC1CCCN1C.Cc1ncsc1-c1ccc(CNC=O)cc1. The number of aryl methyl sites for hydroxylation is 1. The molecule has 0 bridgehead atoms. The maximum Gasteiger partial charge on any atom is 0.207 e. The number of hydrogen-bond donors (Lipinski definition) is 2. The van der Waals surface area contributed by atoms with Crippen LogP contribution in [0.4, 0.5) is 0 Å². The molecule has 166 valence electrons. The highest BCUT2D eigenvalue weighted by Gasteiger charge is 2.14. The van der Waals surface area contributed by atoms with Crippen LogP contribution < -0.4 is 5.32 Å². The summed E-state index contributed by atoms with van der Waals surface area (Å²) in [5.41, 5.74) is 5.18. The fraction of sp³-hybridized carbons (Fsp3) is 0.522. The Kier molecular flexibility index (Phi) is 11.9. The molecule has 1 aliphatic heterocycles. The number of hydrogen-bond acceptors (Lipinski definition) is 6. The number of carbonyl (C=O) groups excluding carboxylic acids is 2. The van der Waals surface area contributed by atoms with Crippen molar-refractivity contribution in [2.24, 2.45) is 0 Å². The second-order valence-electron chi connectivity index (χ2n) is 8.12. The number of benzene rings is 1. The Morgan fingerprint density at radius 2 is 1.97 bits per heavy atom. The molecule has 2 heterocycles. The van der Waals surface area contributed by atoms with E-state index in [1.54, 1.807) is 11.3 Å². The molecule has 1 atom stereocenters. The molecule has 1 aromatic carbocycles. The van der Waals surface area contributed by atoms with Crippen LogP contribution in [0.15, 0.2) is 29.8 Å². The number of nitrogens with one attached hydrogen (secondary N) is 1. The lowest BCUT2D eigenvalue weighted by molar-refractivity contribution is -0.110. The summed E-state index contributed by atoms with van der Waals surface area (Å²) in [5, 5.41) is 2.64. The summed E-state index contributed by atoms with van der Waals surface area (Å²) in [4.78, 5) is 27.8. The minimum atomic E-state index is -0.123. The van der Waals surface area contributed by atoms with Gasteiger partial charge < -0.3 is 15.0 Å². The van der Waals surface area contributed by atoms with E-state index in [0.29, 0.717) is 19.4 Å². The average Bonchev–Trinajstić information content (AvgIpc) is 3.28. The van der Waals surface area contributed by atoms with Crippen LogP contribution in [0.1, 0.15) is 51.3 Å². The van der Waals surface area contributed by atoms with Gasteiger partial charge in [-0.3, -0.25) is 4.79 Å². The van der Waals surface area contributed by atoms with Crippen molar-refractivity contribution in [3.8, 4) is 10.4 Å². The van der Waals surface area contributed by atoms with E-state index in [-0.39, 0.29) is 4.75 Å². The zero-order valence-corrected chi connectivity index (χ0v) is 20.4. The number of aldehydes is 1. The lowest BCUT2D eigenvalue weighted by Gasteiger charge is -2.12. The molecule has 2 aromatic rings. The lowest BCUT2D eigenvalue weighted by atomic mass is 10.1. The quantitative estimate of drug-likeness (QED) is 0.493. The van der Waals surface area contributed by atoms with E-state index in [4.69, 9.17) is 0 Å². The van der Waals surface area contributed by atoms with Gasteiger partial charge in [-0.2, -0.15) is 12.6 Å². The molecule has 1 aromatic heterocycles. The van der Waals surface area contributed by atoms with E-state index in [1.165, 1.54) is 29.8 Å². The topological polar surface area (TPSA) is 62.3 Å². The van der Waals surface area contributed by atoms with Crippen LogP contribution in [0.25, 0.3) is 10.4 Å². The van der Waals surface area contributed by atoms with Crippen molar-refractivity contribution >= 4 is 36.7 Å². The van der Waals surface area contributed by atoms with Crippen molar-refractivity contribution in [2.45, 2.75) is 64.3 Å². The van der Waals surface area contributed by atoms with Crippen LogP contribution in [0.2, 0.25) is 0 Å². The standard InChI is InChI=1S/C12H12N2OS.C6H13N.C5H10OS/c1-9-12(16-8-14-9)11-4-2-10(3-5-11)6-13-7-15;1-6-4-3-5-7(6)2;1-5(2,7)3-4-6/h2-5,7-8H,6H2,1H3,(H,13,15);6H,3-5H2,1-2H3;4,7H,3H2,1-2H3. The highest BCUT2D eigenvalue weighted by Crippen LogP contribution is 2.27. The van der Waals surface area contributed by atoms with Gasteiger partial charge in [0, 0.05) is 23.8 Å². The van der Waals surface area contributed by atoms with Crippen LogP contribution >= 0.6 is 24.0 Å². The first kappa shape index (κ1) is 26.3. The van der Waals surface area contributed by atoms with Crippen molar-refractivity contribution in [1.29, 1.82) is 0 Å². The predicted octanol–water partition coefficient (Wildman–Crippen LogP) is 4.75. The van der Waals surface area contributed by atoms with Crippen LogP contribution in [0.3, 0.4) is 0 Å². The highest BCUT2D eigenvalue weighted by molar-refractivity contribution is 7.81. The van der Waals surface area contributed by atoms with Crippen LogP contribution in [0, 0.1) is 6.92 Å². The van der Waals surface area contributed by atoms with Crippen LogP contribution in [-0.2, 0) is 16.1 Å². The number of nitrogens with zero attached hydrogens (tertiary/aromatic N) is 2. The van der Waals surface area contributed by atoms with Gasteiger partial charge in [0.15, 0.2) is 0 Å². The van der Waals surface area contributed by atoms with Gasteiger partial charge in [0.05, 0.1) is 16.1 Å². The minimum absolute atomic E-state index is 0.123. The van der Waals surface area contributed by atoms with Gasteiger partial charge in [-0.25, -0.2) is 4.98 Å². The number of likely N-dealkylation sites (tertiary alicyclic amines) is 1. The Labute approximate surface area is 190 Å². The second kappa shape index (κ2) is 13.6. The van der Waals surface area contributed by atoms with E-state index in [9.17, 15) is 9.59 Å². The first-order chi connectivity index (χ1) is 14.2. The summed E-state index contributed by atoms with van der Waals surface area (Å²) >= 11 is 5.75. The fourth-order valence-electron chi connectivity index (χ4n) is 2.79. The van der Waals surface area contributed by atoms with Gasteiger partial charge in [-0.1, -0.05) is 38.1 Å². The number of thiazole rings is 1. The monoisotopic (exact) mass is 449 g/mol. The largest absolute Gasteiger partial charge is 0.355 e. The average molecular weight is 450 g/mol. The molecule has 1 fully saturated rings. The smallest absolute Gasteiger partial charge is 0.207 e. The molecule has 0 aliphatic carbocycles. The Bertz CT molecular complexity index is 747. The summed E-state index contributed by atoms with van der Waals surface area (Å²) < 4.78 is -0.123. The maximum absolute atomic E-state index is 10.2. The molecule has 3 rings (SSSR count). The maximum atomic E-state index is 10.2. The minimum Gasteiger partial charge on any atom is -0.355 e. The first-order valence-corrected chi connectivity index (χ1v) is 11.5. The summed E-state index contributed by atoms with van der Waals surface area (Å²) in [6.07, 6.45) is 4.92. The Balaban J connectivity index is 0.000000267. The highest BCUT2D eigenvalue weighted by atomic mass is 32.1. The van der Waals surface area contributed by atoms with Crippen molar-refractivity contribution in [2.75, 3.05) is 13.6 Å². The molecule has 5 nitrogen and oxygen atoms in total. The number of rotatable bonds is 6. The summed E-state index contributed by atoms with van der Waals surface area (Å²) in [6, 6.07) is 9.00. The van der Waals surface area contributed by atoms with E-state index >= 15 is 0 Å².